The van der Waals surface area contributed by atoms with Crippen LogP contribution < -0.4 is 9.47 Å². The molecule has 0 fully saturated rings. The molecule has 0 bridgehead atoms. The molecule has 0 spiro atoms. The van der Waals surface area contributed by atoms with Crippen LogP contribution in [0.5, 0.6) is 11.5 Å². The van der Waals surface area contributed by atoms with Crippen molar-refractivity contribution in [2.24, 2.45) is 0 Å². The third-order valence-electron chi connectivity index (χ3n) is 4.85. The van der Waals surface area contributed by atoms with E-state index in [1.165, 1.54) is 11.1 Å². The predicted octanol–water partition coefficient (Wildman–Crippen LogP) is 8.86. The lowest BCUT2D eigenvalue weighted by Gasteiger charge is -2.13. The van der Waals surface area contributed by atoms with Crippen LogP contribution in [0.15, 0.2) is 71.2 Å². The maximum Gasteiger partial charge on any atom is 0.153 e. The molecule has 30 heavy (non-hydrogen) atoms. The Balaban J connectivity index is 1.73. The molecular formula is C26H28Br2O2. The van der Waals surface area contributed by atoms with Crippen LogP contribution in [0.25, 0.3) is 22.3 Å². The van der Waals surface area contributed by atoms with Gasteiger partial charge in [-0.15, -0.1) is 0 Å². The maximum atomic E-state index is 5.97. The van der Waals surface area contributed by atoms with Gasteiger partial charge in [-0.05, 0) is 91.2 Å². The van der Waals surface area contributed by atoms with E-state index in [0.717, 1.165) is 59.4 Å². The van der Waals surface area contributed by atoms with Crippen molar-refractivity contribution in [2.75, 3.05) is 6.61 Å². The van der Waals surface area contributed by atoms with Gasteiger partial charge in [0, 0.05) is 0 Å². The molecule has 3 aromatic carbocycles. The zero-order chi connectivity index (χ0) is 21.3. The molecule has 0 amide bonds. The molecule has 2 nitrogen and oxygen atoms in total. The van der Waals surface area contributed by atoms with Gasteiger partial charge >= 0.3 is 0 Å². The second kappa shape index (κ2) is 11.6. The van der Waals surface area contributed by atoms with Crippen molar-refractivity contribution in [2.45, 2.75) is 44.5 Å². The van der Waals surface area contributed by atoms with Crippen LogP contribution in [0.1, 0.15) is 39.5 Å². The molecule has 1 atom stereocenters. The Morgan fingerprint density at radius 2 is 1.47 bits per heavy atom. The number of alkyl halides is 1. The molecular weight excluding hydrogens is 504 g/mol. The van der Waals surface area contributed by atoms with Gasteiger partial charge in [-0.2, -0.15) is 0 Å². The summed E-state index contributed by atoms with van der Waals surface area (Å²) < 4.78 is 12.8. The van der Waals surface area contributed by atoms with Crippen molar-refractivity contribution < 1.29 is 9.47 Å². The van der Waals surface area contributed by atoms with E-state index >= 15 is 0 Å². The number of rotatable bonds is 10. The normalized spacial score (nSPS) is 11.9. The number of hydrogen-bond donors (Lipinski definition) is 0. The van der Waals surface area contributed by atoms with Crippen LogP contribution in [-0.4, -0.2) is 11.6 Å². The molecule has 1 unspecified atom stereocenters. The zero-order valence-electron chi connectivity index (χ0n) is 17.5. The summed E-state index contributed by atoms with van der Waals surface area (Å²) in [5.74, 6) is 1.78. The van der Waals surface area contributed by atoms with Crippen molar-refractivity contribution in [3.8, 4) is 33.8 Å². The fourth-order valence-corrected chi connectivity index (χ4v) is 4.33. The highest BCUT2D eigenvalue weighted by Gasteiger charge is 2.08. The van der Waals surface area contributed by atoms with Crippen LogP contribution in [0, 0.1) is 0 Å². The lowest BCUT2D eigenvalue weighted by atomic mass is 10.00. The summed E-state index contributed by atoms with van der Waals surface area (Å²) in [5.41, 5.74) is 4.66. The molecule has 0 saturated carbocycles. The first-order valence-electron chi connectivity index (χ1n) is 10.5. The van der Waals surface area contributed by atoms with Gasteiger partial charge in [-0.3, -0.25) is 0 Å². The molecule has 3 aromatic rings. The van der Waals surface area contributed by atoms with E-state index in [0.29, 0.717) is 0 Å². The summed E-state index contributed by atoms with van der Waals surface area (Å²) in [5, 5.41) is 0.0486. The molecule has 4 heteroatoms. The van der Waals surface area contributed by atoms with E-state index in [1.807, 2.05) is 18.2 Å². The maximum absolute atomic E-state index is 5.97. The van der Waals surface area contributed by atoms with Crippen LogP contribution in [0.3, 0.4) is 0 Å². The molecule has 0 aliphatic rings. The minimum absolute atomic E-state index is 0.0486. The average Bonchev–Trinajstić information content (AvgIpc) is 2.75. The second-order valence-electron chi connectivity index (χ2n) is 7.27. The van der Waals surface area contributed by atoms with Gasteiger partial charge in [-0.1, -0.05) is 69.2 Å². The summed E-state index contributed by atoms with van der Waals surface area (Å²) in [4.78, 5) is 0. The summed E-state index contributed by atoms with van der Waals surface area (Å²) in [6.07, 6.45) is 4.26. The Bertz CT molecular complexity index is 938. The average molecular weight is 532 g/mol. The Labute approximate surface area is 196 Å². The lowest BCUT2D eigenvalue weighted by Crippen LogP contribution is -2.06. The smallest absolute Gasteiger partial charge is 0.153 e. The Morgan fingerprint density at radius 1 is 0.800 bits per heavy atom. The summed E-state index contributed by atoms with van der Waals surface area (Å²) in [7, 11) is 0. The van der Waals surface area contributed by atoms with E-state index in [9.17, 15) is 0 Å². The monoisotopic (exact) mass is 530 g/mol. The van der Waals surface area contributed by atoms with Gasteiger partial charge in [0.25, 0.3) is 0 Å². The van der Waals surface area contributed by atoms with Crippen molar-refractivity contribution in [3.63, 3.8) is 0 Å². The van der Waals surface area contributed by atoms with E-state index in [1.54, 1.807) is 0 Å². The lowest BCUT2D eigenvalue weighted by molar-refractivity contribution is 0.282. The molecule has 0 aromatic heterocycles. The first-order chi connectivity index (χ1) is 14.6. The fraction of sp³-hybridized carbons (Fsp3) is 0.308. The summed E-state index contributed by atoms with van der Waals surface area (Å²) in [6, 6.07) is 23.2. The van der Waals surface area contributed by atoms with E-state index in [4.69, 9.17) is 9.47 Å². The van der Waals surface area contributed by atoms with Gasteiger partial charge < -0.3 is 9.47 Å². The molecule has 0 heterocycles. The minimum atomic E-state index is 0.0486. The Morgan fingerprint density at radius 3 is 2.10 bits per heavy atom. The number of hydrogen-bond acceptors (Lipinski definition) is 2. The summed E-state index contributed by atoms with van der Waals surface area (Å²) >= 11 is 7.23. The highest BCUT2D eigenvalue weighted by molar-refractivity contribution is 9.10. The van der Waals surface area contributed by atoms with Gasteiger partial charge in [0.1, 0.15) is 11.5 Å². The van der Waals surface area contributed by atoms with Crippen LogP contribution in [0.4, 0.5) is 0 Å². The SMILES string of the molecule is CCCCOc1ccc(-c2ccc(-c3cccc(OC(Br)CCC)c3)cc2)cc1Br. The highest BCUT2D eigenvalue weighted by Crippen LogP contribution is 2.32. The molecule has 0 radical (unpaired) electrons. The molecule has 0 aliphatic carbocycles. The van der Waals surface area contributed by atoms with Crippen molar-refractivity contribution in [1.29, 1.82) is 0 Å². The Kier molecular flexibility index (Phi) is 8.83. The second-order valence-corrected chi connectivity index (χ2v) is 9.14. The molecule has 0 aliphatic heterocycles. The Hall–Kier alpha value is -1.78. The third-order valence-corrected chi connectivity index (χ3v) is 6.12. The topological polar surface area (TPSA) is 18.5 Å². The highest BCUT2D eigenvalue weighted by atomic mass is 79.9. The number of benzene rings is 3. The van der Waals surface area contributed by atoms with Crippen LogP contribution >= 0.6 is 31.9 Å². The van der Waals surface area contributed by atoms with E-state index in [2.05, 4.69) is 94.2 Å². The van der Waals surface area contributed by atoms with Crippen molar-refractivity contribution in [1.82, 2.24) is 0 Å². The van der Waals surface area contributed by atoms with Crippen LogP contribution in [0.2, 0.25) is 0 Å². The standard InChI is InChI=1S/C26H28Br2O2/c1-3-5-16-29-25-15-14-22(18-24(25)27)20-12-10-19(11-13-20)21-8-6-9-23(17-21)30-26(28)7-4-2/h6,8-15,17-18,26H,3-5,7,16H2,1-2H3. The minimum Gasteiger partial charge on any atom is -0.492 e. The summed E-state index contributed by atoms with van der Waals surface area (Å²) in [6.45, 7) is 5.07. The zero-order valence-corrected chi connectivity index (χ0v) is 20.7. The van der Waals surface area contributed by atoms with E-state index in [-0.39, 0.29) is 5.01 Å². The molecule has 0 saturated heterocycles. The quantitative estimate of drug-likeness (QED) is 0.192. The fourth-order valence-electron chi connectivity index (χ4n) is 3.16. The van der Waals surface area contributed by atoms with Gasteiger partial charge in [0.15, 0.2) is 5.01 Å². The van der Waals surface area contributed by atoms with Gasteiger partial charge in [0.05, 0.1) is 11.1 Å². The van der Waals surface area contributed by atoms with Crippen molar-refractivity contribution in [3.05, 3.63) is 71.2 Å². The molecule has 3 rings (SSSR count). The third kappa shape index (κ3) is 6.36. The predicted molar refractivity (Wildman–Crippen MR) is 134 cm³/mol. The number of ether oxygens (including phenoxy) is 2. The van der Waals surface area contributed by atoms with Gasteiger partial charge in [-0.25, -0.2) is 0 Å². The first kappa shape index (κ1) is 22.9. The van der Waals surface area contributed by atoms with E-state index < -0.39 is 0 Å². The largest absolute Gasteiger partial charge is 0.492 e. The van der Waals surface area contributed by atoms with Gasteiger partial charge in [0.2, 0.25) is 0 Å². The first-order valence-corrected chi connectivity index (χ1v) is 12.3. The number of halogens is 2. The molecule has 0 N–H and O–H groups in total. The number of unbranched alkanes of at least 4 members (excludes halogenated alkanes) is 1. The van der Waals surface area contributed by atoms with Crippen molar-refractivity contribution >= 4 is 31.9 Å². The molecule has 158 valence electrons. The van der Waals surface area contributed by atoms with Crippen LogP contribution in [-0.2, 0) is 0 Å².